The number of halogens is 1. The van der Waals surface area contributed by atoms with Crippen LogP contribution < -0.4 is 10.2 Å². The molecule has 1 aromatic rings. The van der Waals surface area contributed by atoms with Crippen LogP contribution in [-0.2, 0) is 4.79 Å². The Balaban J connectivity index is 2.87. The molecule has 0 unspecified atom stereocenters. The molecule has 1 aromatic carbocycles. The van der Waals surface area contributed by atoms with Crippen molar-refractivity contribution in [3.05, 3.63) is 30.1 Å². The zero-order valence-corrected chi connectivity index (χ0v) is 11.0. The molecule has 3 N–H and O–H groups in total. The number of urea groups is 1. The molecule has 0 spiro atoms. The number of carboxylic acids is 1. The first-order chi connectivity index (χ1) is 9.51. The third kappa shape index (κ3) is 3.92. The van der Waals surface area contributed by atoms with Crippen LogP contribution in [0.15, 0.2) is 24.3 Å². The minimum atomic E-state index is -1.25. The number of aliphatic carboxylic acids is 1. The standard InChI is InChI=1S/C13H17FN2O4/c1-2-16(11-6-4-3-5-9(11)14)13(20)15-10(7-8-17)12(18)19/h3-6,10,17H,2,7-8H2,1H3,(H,15,20)(H,18,19)/t10-/m0/s1. The molecule has 0 aliphatic rings. The van der Waals surface area contributed by atoms with E-state index >= 15 is 0 Å². The van der Waals surface area contributed by atoms with Crippen molar-refractivity contribution in [1.29, 1.82) is 0 Å². The Hall–Kier alpha value is -2.15. The lowest BCUT2D eigenvalue weighted by atomic mass is 10.2. The van der Waals surface area contributed by atoms with Gasteiger partial charge in [-0.25, -0.2) is 14.0 Å². The molecule has 1 atom stereocenters. The first kappa shape index (κ1) is 15.9. The second-order valence-corrected chi connectivity index (χ2v) is 4.05. The molecule has 0 fully saturated rings. The van der Waals surface area contributed by atoms with Crippen molar-refractivity contribution in [2.45, 2.75) is 19.4 Å². The molecule has 0 heterocycles. The van der Waals surface area contributed by atoms with Crippen molar-refractivity contribution in [3.63, 3.8) is 0 Å². The number of carbonyl (C=O) groups excluding carboxylic acids is 1. The predicted molar refractivity (Wildman–Crippen MR) is 71.1 cm³/mol. The molecule has 1 rings (SSSR count). The molecule has 110 valence electrons. The van der Waals surface area contributed by atoms with E-state index in [1.54, 1.807) is 13.0 Å². The largest absolute Gasteiger partial charge is 0.480 e. The molecule has 0 aliphatic carbocycles. The molecule has 0 saturated carbocycles. The molecule has 20 heavy (non-hydrogen) atoms. The van der Waals surface area contributed by atoms with Gasteiger partial charge in [0.2, 0.25) is 0 Å². The molecule has 7 heteroatoms. The summed E-state index contributed by atoms with van der Waals surface area (Å²) in [6.07, 6.45) is -0.115. The monoisotopic (exact) mass is 284 g/mol. The second-order valence-electron chi connectivity index (χ2n) is 4.05. The van der Waals surface area contributed by atoms with Gasteiger partial charge in [-0.1, -0.05) is 12.1 Å². The summed E-state index contributed by atoms with van der Waals surface area (Å²) in [4.78, 5) is 24.0. The summed E-state index contributed by atoms with van der Waals surface area (Å²) in [6.45, 7) is 1.45. The van der Waals surface area contributed by atoms with E-state index in [0.29, 0.717) is 0 Å². The normalized spacial score (nSPS) is 11.8. The van der Waals surface area contributed by atoms with Crippen molar-refractivity contribution in [3.8, 4) is 0 Å². The highest BCUT2D eigenvalue weighted by molar-refractivity contribution is 5.94. The number of hydrogen-bond donors (Lipinski definition) is 3. The summed E-state index contributed by atoms with van der Waals surface area (Å²) in [7, 11) is 0. The second kappa shape index (κ2) is 7.44. The summed E-state index contributed by atoms with van der Waals surface area (Å²) in [5.41, 5.74) is 0.0700. The van der Waals surface area contributed by atoms with E-state index in [0.717, 1.165) is 4.90 Å². The average Bonchev–Trinajstić information content (AvgIpc) is 2.41. The number of carboxylic acid groups (broad SMARTS) is 1. The van der Waals surface area contributed by atoms with Crippen LogP contribution in [0.5, 0.6) is 0 Å². The fraction of sp³-hybridized carbons (Fsp3) is 0.385. The first-order valence-corrected chi connectivity index (χ1v) is 6.17. The van der Waals surface area contributed by atoms with Gasteiger partial charge in [-0.15, -0.1) is 0 Å². The number of nitrogens with one attached hydrogen (secondary N) is 1. The van der Waals surface area contributed by atoms with Gasteiger partial charge in [-0.2, -0.15) is 0 Å². The quantitative estimate of drug-likeness (QED) is 0.732. The van der Waals surface area contributed by atoms with Gasteiger partial charge < -0.3 is 15.5 Å². The van der Waals surface area contributed by atoms with Crippen molar-refractivity contribution in [2.75, 3.05) is 18.1 Å². The van der Waals surface area contributed by atoms with Crippen LogP contribution in [0.4, 0.5) is 14.9 Å². The molecule has 0 aromatic heterocycles. The Morgan fingerprint density at radius 1 is 1.40 bits per heavy atom. The highest BCUT2D eigenvalue weighted by Crippen LogP contribution is 2.18. The minimum Gasteiger partial charge on any atom is -0.480 e. The summed E-state index contributed by atoms with van der Waals surface area (Å²) >= 11 is 0. The van der Waals surface area contributed by atoms with E-state index in [1.165, 1.54) is 18.2 Å². The molecule has 6 nitrogen and oxygen atoms in total. The van der Waals surface area contributed by atoms with Crippen molar-refractivity contribution >= 4 is 17.7 Å². The van der Waals surface area contributed by atoms with Crippen LogP contribution in [0.2, 0.25) is 0 Å². The lowest BCUT2D eigenvalue weighted by molar-refractivity contribution is -0.139. The van der Waals surface area contributed by atoms with E-state index in [4.69, 9.17) is 10.2 Å². The van der Waals surface area contributed by atoms with Gasteiger partial charge in [-0.3, -0.25) is 4.90 Å². The van der Waals surface area contributed by atoms with E-state index in [1.807, 2.05) is 0 Å². The van der Waals surface area contributed by atoms with Crippen LogP contribution in [0.25, 0.3) is 0 Å². The Morgan fingerprint density at radius 3 is 2.55 bits per heavy atom. The van der Waals surface area contributed by atoms with Gasteiger partial charge in [0.15, 0.2) is 0 Å². The number of para-hydroxylation sites is 1. The van der Waals surface area contributed by atoms with Gasteiger partial charge in [0.25, 0.3) is 0 Å². The Kier molecular flexibility index (Phi) is 5.92. The predicted octanol–water partition coefficient (Wildman–Crippen LogP) is 1.20. The zero-order valence-electron chi connectivity index (χ0n) is 11.0. The summed E-state index contributed by atoms with van der Waals surface area (Å²) in [5, 5.41) is 19.9. The summed E-state index contributed by atoms with van der Waals surface area (Å²) in [5.74, 6) is -1.82. The first-order valence-electron chi connectivity index (χ1n) is 6.17. The summed E-state index contributed by atoms with van der Waals surface area (Å²) < 4.78 is 13.7. The lowest BCUT2D eigenvalue weighted by Gasteiger charge is -2.24. The third-order valence-electron chi connectivity index (χ3n) is 2.72. The highest BCUT2D eigenvalue weighted by atomic mass is 19.1. The number of hydrogen-bond acceptors (Lipinski definition) is 3. The number of amides is 2. The van der Waals surface area contributed by atoms with Crippen molar-refractivity contribution in [1.82, 2.24) is 5.32 Å². The van der Waals surface area contributed by atoms with Gasteiger partial charge in [0.1, 0.15) is 11.9 Å². The van der Waals surface area contributed by atoms with Gasteiger partial charge in [0, 0.05) is 19.6 Å². The zero-order chi connectivity index (χ0) is 15.1. The fourth-order valence-corrected chi connectivity index (χ4v) is 1.71. The van der Waals surface area contributed by atoms with E-state index in [-0.39, 0.29) is 25.3 Å². The number of carbonyl (C=O) groups is 2. The number of aliphatic hydroxyl groups excluding tert-OH is 1. The number of anilines is 1. The van der Waals surface area contributed by atoms with Crippen molar-refractivity contribution < 1.29 is 24.2 Å². The molecular formula is C13H17FN2O4. The number of nitrogens with zero attached hydrogens (tertiary/aromatic N) is 1. The van der Waals surface area contributed by atoms with Crippen LogP contribution >= 0.6 is 0 Å². The third-order valence-corrected chi connectivity index (χ3v) is 2.72. The smallest absolute Gasteiger partial charge is 0.326 e. The van der Waals surface area contributed by atoms with Gasteiger partial charge in [-0.05, 0) is 19.1 Å². The minimum absolute atomic E-state index is 0.0700. The van der Waals surface area contributed by atoms with E-state index in [2.05, 4.69) is 5.32 Å². The molecule has 0 bridgehead atoms. The molecular weight excluding hydrogens is 267 g/mol. The topological polar surface area (TPSA) is 89.9 Å². The Labute approximate surface area is 115 Å². The van der Waals surface area contributed by atoms with Gasteiger partial charge >= 0.3 is 12.0 Å². The number of benzene rings is 1. The maximum Gasteiger partial charge on any atom is 0.326 e. The van der Waals surface area contributed by atoms with Crippen LogP contribution in [0.1, 0.15) is 13.3 Å². The average molecular weight is 284 g/mol. The Bertz CT molecular complexity index is 481. The van der Waals surface area contributed by atoms with Gasteiger partial charge in [0.05, 0.1) is 5.69 Å². The number of rotatable bonds is 6. The Morgan fingerprint density at radius 2 is 2.05 bits per heavy atom. The maximum atomic E-state index is 13.7. The fourth-order valence-electron chi connectivity index (χ4n) is 1.71. The SMILES string of the molecule is CCN(C(=O)N[C@@H](CCO)C(=O)O)c1ccccc1F. The van der Waals surface area contributed by atoms with Crippen LogP contribution in [0.3, 0.4) is 0 Å². The molecule has 0 radical (unpaired) electrons. The van der Waals surface area contributed by atoms with Crippen LogP contribution in [0, 0.1) is 5.82 Å². The van der Waals surface area contributed by atoms with E-state index in [9.17, 15) is 14.0 Å². The van der Waals surface area contributed by atoms with Crippen molar-refractivity contribution in [2.24, 2.45) is 0 Å². The maximum absolute atomic E-state index is 13.7. The van der Waals surface area contributed by atoms with E-state index < -0.39 is 23.9 Å². The molecule has 2 amide bonds. The highest BCUT2D eigenvalue weighted by Gasteiger charge is 2.24. The molecule has 0 aliphatic heterocycles. The molecule has 0 saturated heterocycles. The number of aliphatic hydroxyl groups is 1. The lowest BCUT2D eigenvalue weighted by Crippen LogP contribution is -2.48. The van der Waals surface area contributed by atoms with Crippen LogP contribution in [-0.4, -0.2) is 41.4 Å². The summed E-state index contributed by atoms with van der Waals surface area (Å²) in [6, 6.07) is 3.79.